The highest BCUT2D eigenvalue weighted by molar-refractivity contribution is 7.86. The molecule has 2 bridgehead atoms. The third-order valence-corrected chi connectivity index (χ3v) is 5.23. The molecule has 0 saturated carbocycles. The molecule has 0 radical (unpaired) electrons. The maximum absolute atomic E-state index is 12.1. The normalized spacial score (nSPS) is 31.4. The van der Waals surface area contributed by atoms with E-state index < -0.39 is 10.1 Å². The van der Waals surface area contributed by atoms with Gasteiger partial charge in [-0.1, -0.05) is 18.2 Å². The van der Waals surface area contributed by atoms with Gasteiger partial charge in [0.1, 0.15) is 0 Å². The van der Waals surface area contributed by atoms with Gasteiger partial charge in [0, 0.05) is 6.54 Å². The Balaban J connectivity index is 1.77. The van der Waals surface area contributed by atoms with Crippen molar-refractivity contribution in [3.8, 4) is 0 Å². The lowest BCUT2D eigenvalue weighted by molar-refractivity contribution is -0.00428. The molecule has 18 heavy (non-hydrogen) atoms. The number of benzene rings is 1. The molecule has 0 amide bonds. The second-order valence-corrected chi connectivity index (χ2v) is 6.61. The average Bonchev–Trinajstić information content (AvgIpc) is 2.41. The van der Waals surface area contributed by atoms with Gasteiger partial charge >= 0.3 is 0 Å². The highest BCUT2D eigenvalue weighted by Crippen LogP contribution is 2.31. The van der Waals surface area contributed by atoms with E-state index in [0.717, 1.165) is 32.5 Å². The summed E-state index contributed by atoms with van der Waals surface area (Å²) >= 11 is 0. The summed E-state index contributed by atoms with van der Waals surface area (Å²) in [5.41, 5.74) is 0. The second kappa shape index (κ2) is 4.64. The van der Waals surface area contributed by atoms with E-state index in [1.807, 2.05) is 0 Å². The lowest BCUT2D eigenvalue weighted by Crippen LogP contribution is -2.51. The molecule has 1 aromatic rings. The van der Waals surface area contributed by atoms with Gasteiger partial charge in [0.05, 0.1) is 11.0 Å². The zero-order valence-corrected chi connectivity index (χ0v) is 11.0. The molecular formula is C13H17NO3S. The van der Waals surface area contributed by atoms with Crippen LogP contribution in [0.3, 0.4) is 0 Å². The lowest BCUT2D eigenvalue weighted by Gasteiger charge is -2.43. The maximum Gasteiger partial charge on any atom is 0.297 e. The maximum atomic E-state index is 12.1. The smallest absolute Gasteiger partial charge is 0.297 e. The molecule has 1 aromatic carbocycles. The van der Waals surface area contributed by atoms with Crippen LogP contribution in [0.2, 0.25) is 0 Å². The minimum Gasteiger partial charge on any atom is -0.301 e. The lowest BCUT2D eigenvalue weighted by atomic mass is 9.86. The summed E-state index contributed by atoms with van der Waals surface area (Å²) in [4.78, 5) is 2.53. The Hall–Kier alpha value is -0.910. The van der Waals surface area contributed by atoms with Crippen LogP contribution in [0.25, 0.3) is 0 Å². The minimum absolute atomic E-state index is 0.169. The standard InChI is InChI=1S/C13H17NO3S/c15-18(16,12-4-2-1-3-5-12)17-13-10-14-8-6-11(13)7-9-14/h1-5,11,13H,6-10H2/t13-/m1/s1. The molecule has 0 unspecified atom stereocenters. The summed E-state index contributed by atoms with van der Waals surface area (Å²) in [6.07, 6.45) is 1.93. The van der Waals surface area contributed by atoms with Gasteiger partial charge in [-0.2, -0.15) is 8.42 Å². The summed E-state index contributed by atoms with van der Waals surface area (Å²) < 4.78 is 29.7. The largest absolute Gasteiger partial charge is 0.301 e. The van der Waals surface area contributed by atoms with Gasteiger partial charge in [-0.3, -0.25) is 4.18 Å². The topological polar surface area (TPSA) is 46.6 Å². The fraction of sp³-hybridized carbons (Fsp3) is 0.538. The Bertz CT molecular complexity index is 506. The molecule has 0 aromatic heterocycles. The molecule has 0 aliphatic carbocycles. The molecule has 1 atom stereocenters. The monoisotopic (exact) mass is 267 g/mol. The average molecular weight is 267 g/mol. The second-order valence-electron chi connectivity index (χ2n) is 5.04. The van der Waals surface area contributed by atoms with Crippen LogP contribution in [0.5, 0.6) is 0 Å². The van der Waals surface area contributed by atoms with Crippen LogP contribution in [-0.4, -0.2) is 39.1 Å². The van der Waals surface area contributed by atoms with Crippen LogP contribution in [0.15, 0.2) is 35.2 Å². The molecule has 3 heterocycles. The van der Waals surface area contributed by atoms with Gasteiger partial charge in [-0.15, -0.1) is 0 Å². The fourth-order valence-corrected chi connectivity index (χ4v) is 3.97. The first kappa shape index (κ1) is 12.1. The predicted molar refractivity (Wildman–Crippen MR) is 67.7 cm³/mol. The van der Waals surface area contributed by atoms with Gasteiger partial charge in [0.25, 0.3) is 10.1 Å². The quantitative estimate of drug-likeness (QED) is 0.778. The Morgan fingerprint density at radius 3 is 2.33 bits per heavy atom. The van der Waals surface area contributed by atoms with Crippen molar-refractivity contribution in [2.45, 2.75) is 23.8 Å². The van der Waals surface area contributed by atoms with Crippen molar-refractivity contribution >= 4 is 10.1 Å². The third kappa shape index (κ3) is 2.30. The molecule has 3 saturated heterocycles. The highest BCUT2D eigenvalue weighted by Gasteiger charge is 2.37. The number of rotatable bonds is 3. The first-order valence-corrected chi connectivity index (χ1v) is 7.77. The van der Waals surface area contributed by atoms with Gasteiger partial charge in [-0.05, 0) is 44.0 Å². The SMILES string of the molecule is O=S(=O)(O[C@@H]1CN2CCC1CC2)c1ccccc1. The zero-order valence-electron chi connectivity index (χ0n) is 10.2. The Kier molecular flexibility index (Phi) is 3.13. The predicted octanol–water partition coefficient (Wildman–Crippen LogP) is 1.49. The van der Waals surface area contributed by atoms with E-state index >= 15 is 0 Å². The van der Waals surface area contributed by atoms with E-state index in [1.165, 1.54) is 0 Å². The van der Waals surface area contributed by atoms with Crippen molar-refractivity contribution < 1.29 is 12.6 Å². The Morgan fingerprint density at radius 2 is 1.78 bits per heavy atom. The van der Waals surface area contributed by atoms with E-state index in [9.17, 15) is 8.42 Å². The number of hydrogen-bond donors (Lipinski definition) is 0. The molecule has 4 rings (SSSR count). The summed E-state index contributed by atoms with van der Waals surface area (Å²) in [5, 5.41) is 0. The molecule has 3 fully saturated rings. The van der Waals surface area contributed by atoms with Crippen LogP contribution in [0, 0.1) is 5.92 Å². The third-order valence-electron chi connectivity index (χ3n) is 3.88. The van der Waals surface area contributed by atoms with Crippen molar-refractivity contribution in [3.63, 3.8) is 0 Å². The minimum atomic E-state index is -3.61. The number of fused-ring (bicyclic) bond motifs is 3. The van der Waals surface area contributed by atoms with Crippen LogP contribution in [0.4, 0.5) is 0 Å². The first-order valence-electron chi connectivity index (χ1n) is 6.36. The summed E-state index contributed by atoms with van der Waals surface area (Å²) in [6, 6.07) is 8.39. The van der Waals surface area contributed by atoms with E-state index in [1.54, 1.807) is 30.3 Å². The molecule has 3 aliphatic heterocycles. The van der Waals surface area contributed by atoms with Gasteiger partial charge in [-0.25, -0.2) is 0 Å². The van der Waals surface area contributed by atoms with E-state index in [0.29, 0.717) is 5.92 Å². The zero-order chi connectivity index (χ0) is 12.6. The number of piperidine rings is 3. The molecule has 98 valence electrons. The summed E-state index contributed by atoms with van der Waals surface area (Å²) in [7, 11) is -3.61. The molecule has 0 N–H and O–H groups in total. The van der Waals surface area contributed by atoms with Crippen molar-refractivity contribution in [3.05, 3.63) is 30.3 Å². The molecule has 3 aliphatic rings. The molecule has 0 spiro atoms. The van der Waals surface area contributed by atoms with E-state index in [4.69, 9.17) is 4.18 Å². The van der Waals surface area contributed by atoms with Crippen LogP contribution >= 0.6 is 0 Å². The Morgan fingerprint density at radius 1 is 1.11 bits per heavy atom. The van der Waals surface area contributed by atoms with Crippen LogP contribution < -0.4 is 0 Å². The Labute approximate surface area is 108 Å². The van der Waals surface area contributed by atoms with Crippen molar-refractivity contribution in [1.29, 1.82) is 0 Å². The van der Waals surface area contributed by atoms with E-state index in [-0.39, 0.29) is 11.0 Å². The molecule has 5 heteroatoms. The van der Waals surface area contributed by atoms with E-state index in [2.05, 4.69) is 4.90 Å². The van der Waals surface area contributed by atoms with Crippen molar-refractivity contribution in [2.24, 2.45) is 5.92 Å². The summed E-state index contributed by atoms with van der Waals surface area (Å²) in [5.74, 6) is 0.397. The molecule has 4 nitrogen and oxygen atoms in total. The molecular weight excluding hydrogens is 250 g/mol. The number of hydrogen-bond acceptors (Lipinski definition) is 4. The highest BCUT2D eigenvalue weighted by atomic mass is 32.2. The van der Waals surface area contributed by atoms with Crippen LogP contribution in [0.1, 0.15) is 12.8 Å². The van der Waals surface area contributed by atoms with Crippen molar-refractivity contribution in [2.75, 3.05) is 19.6 Å². The van der Waals surface area contributed by atoms with Gasteiger partial charge in [0.15, 0.2) is 0 Å². The fourth-order valence-electron chi connectivity index (χ4n) is 2.83. The first-order chi connectivity index (χ1) is 8.65. The van der Waals surface area contributed by atoms with Gasteiger partial charge in [0.2, 0.25) is 0 Å². The van der Waals surface area contributed by atoms with Crippen molar-refractivity contribution in [1.82, 2.24) is 4.90 Å². The summed E-state index contributed by atoms with van der Waals surface area (Å²) in [6.45, 7) is 2.91. The van der Waals surface area contributed by atoms with Crippen LogP contribution in [-0.2, 0) is 14.3 Å². The number of nitrogens with zero attached hydrogens (tertiary/aromatic N) is 1. The van der Waals surface area contributed by atoms with Gasteiger partial charge < -0.3 is 4.90 Å².